The van der Waals surface area contributed by atoms with E-state index < -0.39 is 15.7 Å². The van der Waals surface area contributed by atoms with Crippen LogP contribution in [0.15, 0.2) is 18.2 Å². The molecular weight excluding hydrogens is 281 g/mol. The van der Waals surface area contributed by atoms with Gasteiger partial charge in [-0.25, -0.2) is 12.8 Å². The summed E-state index contributed by atoms with van der Waals surface area (Å²) in [5, 5.41) is 0. The molecule has 0 saturated heterocycles. The Morgan fingerprint density at radius 3 is 2.70 bits per heavy atom. The maximum atomic E-state index is 13.7. The second-order valence-electron chi connectivity index (χ2n) is 4.85. The van der Waals surface area contributed by atoms with Gasteiger partial charge in [0.05, 0.1) is 12.4 Å². The number of hydrogen-bond donors (Lipinski definition) is 1. The van der Waals surface area contributed by atoms with Gasteiger partial charge in [0.2, 0.25) is 0 Å². The van der Waals surface area contributed by atoms with Gasteiger partial charge in [0.1, 0.15) is 9.84 Å². The largest absolute Gasteiger partial charge is 0.490 e. The zero-order chi connectivity index (χ0) is 15.2. The lowest BCUT2D eigenvalue weighted by molar-refractivity contribution is 0.297. The second-order valence-corrected chi connectivity index (χ2v) is 7.32. The van der Waals surface area contributed by atoms with E-state index in [-0.39, 0.29) is 29.9 Å². The second kappa shape index (κ2) is 7.59. The van der Waals surface area contributed by atoms with Crippen LogP contribution in [-0.4, -0.2) is 32.6 Å². The van der Waals surface area contributed by atoms with E-state index in [0.717, 1.165) is 0 Å². The molecule has 0 aliphatic carbocycles. The topological polar surface area (TPSA) is 69.4 Å². The number of nitrogens with two attached hydrogens (primary N) is 1. The van der Waals surface area contributed by atoms with Gasteiger partial charge < -0.3 is 10.5 Å². The quantitative estimate of drug-likeness (QED) is 0.745. The van der Waals surface area contributed by atoms with Gasteiger partial charge in [0.15, 0.2) is 11.6 Å². The number of hydrogen-bond acceptors (Lipinski definition) is 4. The Hall–Kier alpha value is -1.14. The van der Waals surface area contributed by atoms with Gasteiger partial charge in [-0.1, -0.05) is 19.1 Å². The van der Waals surface area contributed by atoms with E-state index in [1.807, 2.05) is 6.92 Å². The molecule has 0 amide bonds. The molecule has 0 radical (unpaired) electrons. The molecule has 114 valence electrons. The van der Waals surface area contributed by atoms with Crippen LogP contribution in [0.3, 0.4) is 0 Å². The van der Waals surface area contributed by atoms with Crippen LogP contribution in [0.2, 0.25) is 0 Å². The minimum absolute atomic E-state index is 0.0561. The predicted molar refractivity (Wildman–Crippen MR) is 78.2 cm³/mol. The smallest absolute Gasteiger partial charge is 0.165 e. The molecule has 1 atom stereocenters. The predicted octanol–water partition coefficient (Wildman–Crippen LogP) is 1.92. The van der Waals surface area contributed by atoms with Crippen LogP contribution in [0.4, 0.5) is 4.39 Å². The van der Waals surface area contributed by atoms with Gasteiger partial charge in [-0.3, -0.25) is 0 Å². The molecule has 20 heavy (non-hydrogen) atoms. The normalized spacial score (nSPS) is 13.2. The van der Waals surface area contributed by atoms with Gasteiger partial charge in [0, 0.05) is 11.8 Å². The van der Waals surface area contributed by atoms with E-state index in [4.69, 9.17) is 10.5 Å². The first kappa shape index (κ1) is 16.9. The van der Waals surface area contributed by atoms with Gasteiger partial charge in [-0.15, -0.1) is 0 Å². The summed E-state index contributed by atoms with van der Waals surface area (Å²) in [5.41, 5.74) is 6.42. The van der Waals surface area contributed by atoms with Crippen molar-refractivity contribution < 1.29 is 17.5 Å². The van der Waals surface area contributed by atoms with Crippen LogP contribution >= 0.6 is 0 Å². The number of rotatable bonds is 8. The van der Waals surface area contributed by atoms with E-state index in [9.17, 15) is 12.8 Å². The molecule has 0 aromatic heterocycles. The number of ether oxygens (including phenoxy) is 1. The van der Waals surface area contributed by atoms with Crippen molar-refractivity contribution in [1.29, 1.82) is 0 Å². The fraction of sp³-hybridized carbons (Fsp3) is 0.571. The molecule has 1 rings (SSSR count). The molecule has 4 nitrogen and oxygen atoms in total. The third-order valence-corrected chi connectivity index (χ3v) is 4.67. The van der Waals surface area contributed by atoms with Gasteiger partial charge >= 0.3 is 0 Å². The van der Waals surface area contributed by atoms with Crippen molar-refractivity contribution in [3.63, 3.8) is 0 Å². The van der Waals surface area contributed by atoms with Crippen LogP contribution < -0.4 is 10.5 Å². The summed E-state index contributed by atoms with van der Waals surface area (Å²) in [6.07, 6.45) is 0.864. The van der Waals surface area contributed by atoms with Crippen molar-refractivity contribution >= 4 is 9.84 Å². The van der Waals surface area contributed by atoms with Crippen molar-refractivity contribution in [1.82, 2.24) is 0 Å². The van der Waals surface area contributed by atoms with Crippen molar-refractivity contribution in [2.24, 2.45) is 5.73 Å². The van der Waals surface area contributed by atoms with Crippen LogP contribution in [0.25, 0.3) is 0 Å². The van der Waals surface area contributed by atoms with Crippen molar-refractivity contribution in [3.05, 3.63) is 29.6 Å². The Labute approximate surface area is 120 Å². The summed E-state index contributed by atoms with van der Waals surface area (Å²) < 4.78 is 41.8. The van der Waals surface area contributed by atoms with Gasteiger partial charge in [-0.05, 0) is 31.4 Å². The molecule has 0 bridgehead atoms. The standard InChI is InChI=1S/C14H22FNO3S/c1-3-20(17,18)9-5-8-19-14-12(10-11(2)16)6-4-7-13(14)15/h4,6-7,11H,3,5,8-10,16H2,1-2H3. The van der Waals surface area contributed by atoms with E-state index >= 15 is 0 Å². The summed E-state index contributed by atoms with van der Waals surface area (Å²) in [7, 11) is -3.01. The lowest BCUT2D eigenvalue weighted by atomic mass is 10.1. The van der Waals surface area contributed by atoms with Crippen molar-refractivity contribution in [2.75, 3.05) is 18.1 Å². The van der Waals surface area contributed by atoms with Crippen molar-refractivity contribution in [2.45, 2.75) is 32.7 Å². The molecule has 1 aromatic rings. The SMILES string of the molecule is CCS(=O)(=O)CCCOc1c(F)cccc1CC(C)N. The van der Waals surface area contributed by atoms with Crippen LogP contribution in [0.1, 0.15) is 25.8 Å². The Morgan fingerprint density at radius 1 is 1.40 bits per heavy atom. The Kier molecular flexibility index (Phi) is 6.42. The van der Waals surface area contributed by atoms with E-state index in [0.29, 0.717) is 18.4 Å². The minimum Gasteiger partial charge on any atom is -0.490 e. The van der Waals surface area contributed by atoms with E-state index in [1.165, 1.54) is 6.07 Å². The number of sulfone groups is 1. The molecule has 0 aliphatic rings. The maximum absolute atomic E-state index is 13.7. The van der Waals surface area contributed by atoms with Crippen molar-refractivity contribution in [3.8, 4) is 5.75 Å². The zero-order valence-electron chi connectivity index (χ0n) is 11.9. The highest BCUT2D eigenvalue weighted by molar-refractivity contribution is 7.91. The van der Waals surface area contributed by atoms with Gasteiger partial charge in [-0.2, -0.15) is 0 Å². The van der Waals surface area contributed by atoms with Crippen LogP contribution in [-0.2, 0) is 16.3 Å². The zero-order valence-corrected chi connectivity index (χ0v) is 12.7. The monoisotopic (exact) mass is 303 g/mol. The lowest BCUT2D eigenvalue weighted by Crippen LogP contribution is -2.19. The van der Waals surface area contributed by atoms with Crippen LogP contribution in [0, 0.1) is 5.82 Å². The summed E-state index contributed by atoms with van der Waals surface area (Å²) >= 11 is 0. The summed E-state index contributed by atoms with van der Waals surface area (Å²) in [6.45, 7) is 3.61. The molecule has 0 aliphatic heterocycles. The highest BCUT2D eigenvalue weighted by atomic mass is 32.2. The molecule has 0 saturated carbocycles. The fourth-order valence-electron chi connectivity index (χ4n) is 1.82. The first-order valence-corrected chi connectivity index (χ1v) is 8.54. The fourth-order valence-corrected chi connectivity index (χ4v) is 2.67. The molecule has 0 fully saturated rings. The molecule has 1 unspecified atom stereocenters. The third-order valence-electron chi connectivity index (χ3n) is 2.88. The first-order valence-electron chi connectivity index (χ1n) is 6.72. The average Bonchev–Trinajstić information content (AvgIpc) is 2.36. The lowest BCUT2D eigenvalue weighted by Gasteiger charge is -2.13. The summed E-state index contributed by atoms with van der Waals surface area (Å²) in [5.74, 6) is -0.0939. The highest BCUT2D eigenvalue weighted by Gasteiger charge is 2.12. The highest BCUT2D eigenvalue weighted by Crippen LogP contribution is 2.24. The molecule has 2 N–H and O–H groups in total. The molecule has 0 spiro atoms. The maximum Gasteiger partial charge on any atom is 0.165 e. The molecular formula is C14H22FNO3S. The van der Waals surface area contributed by atoms with E-state index in [2.05, 4.69) is 0 Å². The molecule has 1 aromatic carbocycles. The van der Waals surface area contributed by atoms with E-state index in [1.54, 1.807) is 19.1 Å². The number of halogens is 1. The Morgan fingerprint density at radius 2 is 2.10 bits per heavy atom. The number of benzene rings is 1. The Balaban J connectivity index is 2.63. The molecule has 0 heterocycles. The average molecular weight is 303 g/mol. The third kappa shape index (κ3) is 5.46. The van der Waals surface area contributed by atoms with Crippen LogP contribution in [0.5, 0.6) is 5.75 Å². The first-order chi connectivity index (χ1) is 9.35. The van der Waals surface area contributed by atoms with Gasteiger partial charge in [0.25, 0.3) is 0 Å². The summed E-state index contributed by atoms with van der Waals surface area (Å²) in [4.78, 5) is 0. The molecule has 6 heteroatoms. The number of para-hydroxylation sites is 1. The minimum atomic E-state index is -3.01. The Bertz CT molecular complexity index is 529. The summed E-state index contributed by atoms with van der Waals surface area (Å²) in [6, 6.07) is 4.61.